The summed E-state index contributed by atoms with van der Waals surface area (Å²) in [5, 5.41) is 2.55. The third kappa shape index (κ3) is 4.97. The Kier molecular flexibility index (Phi) is 6.73. The summed E-state index contributed by atoms with van der Waals surface area (Å²) in [7, 11) is 0. The molecule has 2 heteroatoms. The van der Waals surface area contributed by atoms with Gasteiger partial charge < -0.3 is 9.47 Å². The SMILES string of the molecule is Cc1ccc(N(c2ccc(-c3ccccc3)cc2)c2ccc(-c3cccc(-n4c5ccccc5c5ccccc54)c3)cc2)cc1. The highest BCUT2D eigenvalue weighted by molar-refractivity contribution is 6.09. The maximum absolute atomic E-state index is 2.38. The van der Waals surface area contributed by atoms with Crippen LogP contribution < -0.4 is 4.90 Å². The summed E-state index contributed by atoms with van der Waals surface area (Å²) >= 11 is 0. The van der Waals surface area contributed by atoms with Crippen molar-refractivity contribution in [2.24, 2.45) is 0 Å². The average molecular weight is 577 g/mol. The van der Waals surface area contributed by atoms with Crippen LogP contribution in [0.1, 0.15) is 5.56 Å². The Labute approximate surface area is 264 Å². The van der Waals surface area contributed by atoms with Crippen LogP contribution in [0.2, 0.25) is 0 Å². The molecule has 7 aromatic carbocycles. The summed E-state index contributed by atoms with van der Waals surface area (Å²) in [6.07, 6.45) is 0. The van der Waals surface area contributed by atoms with Gasteiger partial charge in [-0.15, -0.1) is 0 Å². The van der Waals surface area contributed by atoms with Crippen LogP contribution in [0, 0.1) is 6.92 Å². The second-order valence-electron chi connectivity index (χ2n) is 11.6. The molecule has 0 radical (unpaired) electrons. The van der Waals surface area contributed by atoms with Crippen molar-refractivity contribution in [3.8, 4) is 27.9 Å². The largest absolute Gasteiger partial charge is 0.311 e. The predicted octanol–water partition coefficient (Wildman–Crippen LogP) is 11.9. The van der Waals surface area contributed by atoms with Crippen LogP contribution in [-0.4, -0.2) is 4.57 Å². The van der Waals surface area contributed by atoms with Gasteiger partial charge >= 0.3 is 0 Å². The van der Waals surface area contributed by atoms with Crippen molar-refractivity contribution < 1.29 is 0 Å². The lowest BCUT2D eigenvalue weighted by Gasteiger charge is -2.26. The Balaban J connectivity index is 1.17. The van der Waals surface area contributed by atoms with E-state index in [4.69, 9.17) is 0 Å². The number of aromatic nitrogens is 1. The van der Waals surface area contributed by atoms with Crippen molar-refractivity contribution in [2.45, 2.75) is 6.92 Å². The van der Waals surface area contributed by atoms with E-state index >= 15 is 0 Å². The van der Waals surface area contributed by atoms with Gasteiger partial charge in [0.25, 0.3) is 0 Å². The summed E-state index contributed by atoms with van der Waals surface area (Å²) in [6.45, 7) is 2.13. The number of aryl methyl sites for hydroxylation is 1. The van der Waals surface area contributed by atoms with Gasteiger partial charge in [0.15, 0.2) is 0 Å². The molecule has 0 saturated heterocycles. The summed E-state index contributed by atoms with van der Waals surface area (Å²) < 4.78 is 2.38. The normalized spacial score (nSPS) is 11.2. The molecular weight excluding hydrogens is 544 g/mol. The van der Waals surface area contributed by atoms with Crippen LogP contribution in [0.25, 0.3) is 49.7 Å². The van der Waals surface area contributed by atoms with Crippen LogP contribution >= 0.6 is 0 Å². The Morgan fingerprint density at radius 3 is 1.40 bits per heavy atom. The maximum atomic E-state index is 2.38. The number of anilines is 3. The van der Waals surface area contributed by atoms with Crippen molar-refractivity contribution in [1.82, 2.24) is 4.57 Å². The van der Waals surface area contributed by atoms with Gasteiger partial charge in [0, 0.05) is 33.5 Å². The lowest BCUT2D eigenvalue weighted by molar-refractivity contribution is 1.18. The molecule has 0 spiro atoms. The van der Waals surface area contributed by atoms with E-state index in [1.807, 2.05) is 0 Å². The van der Waals surface area contributed by atoms with Gasteiger partial charge in [0.1, 0.15) is 0 Å². The van der Waals surface area contributed by atoms with E-state index in [0.29, 0.717) is 0 Å². The molecule has 0 aliphatic rings. The first-order chi connectivity index (χ1) is 22.2. The van der Waals surface area contributed by atoms with Crippen molar-refractivity contribution >= 4 is 38.9 Å². The number of rotatable bonds is 6. The van der Waals surface area contributed by atoms with Crippen molar-refractivity contribution in [2.75, 3.05) is 4.90 Å². The van der Waals surface area contributed by atoms with Gasteiger partial charge in [-0.05, 0) is 89.8 Å². The molecule has 0 atom stereocenters. The van der Waals surface area contributed by atoms with Crippen molar-refractivity contribution in [1.29, 1.82) is 0 Å². The Morgan fingerprint density at radius 2 is 0.822 bits per heavy atom. The molecule has 1 heterocycles. The Morgan fingerprint density at radius 1 is 0.378 bits per heavy atom. The second kappa shape index (κ2) is 11.3. The quantitative estimate of drug-likeness (QED) is 0.191. The molecule has 0 unspecified atom stereocenters. The highest BCUT2D eigenvalue weighted by Gasteiger charge is 2.15. The van der Waals surface area contributed by atoms with Gasteiger partial charge in [-0.2, -0.15) is 0 Å². The molecule has 0 saturated carbocycles. The maximum Gasteiger partial charge on any atom is 0.0541 e. The fourth-order valence-corrected chi connectivity index (χ4v) is 6.40. The van der Waals surface area contributed by atoms with E-state index in [0.717, 1.165) is 22.7 Å². The third-order valence-electron chi connectivity index (χ3n) is 8.67. The first kappa shape index (κ1) is 26.7. The van der Waals surface area contributed by atoms with E-state index in [1.165, 1.54) is 49.6 Å². The monoisotopic (exact) mass is 576 g/mol. The minimum atomic E-state index is 1.12. The zero-order valence-corrected chi connectivity index (χ0v) is 25.1. The molecule has 8 aromatic rings. The lowest BCUT2D eigenvalue weighted by Crippen LogP contribution is -2.09. The highest BCUT2D eigenvalue weighted by Crippen LogP contribution is 2.38. The van der Waals surface area contributed by atoms with Crippen LogP contribution in [0.4, 0.5) is 17.1 Å². The fraction of sp³-hybridized carbons (Fsp3) is 0.0233. The smallest absolute Gasteiger partial charge is 0.0541 e. The van der Waals surface area contributed by atoms with E-state index in [9.17, 15) is 0 Å². The molecule has 1 aromatic heterocycles. The van der Waals surface area contributed by atoms with Crippen LogP contribution in [-0.2, 0) is 0 Å². The van der Waals surface area contributed by atoms with Crippen molar-refractivity contribution in [3.05, 3.63) is 181 Å². The molecule has 214 valence electrons. The van der Waals surface area contributed by atoms with Crippen LogP contribution in [0.3, 0.4) is 0 Å². The standard InChI is InChI=1S/C43H32N2/c1-31-18-24-36(25-19-31)44(37-26-20-33(21-27-37)32-10-3-2-4-11-32)38-28-22-34(23-29-38)35-12-9-13-39(30-35)45-42-16-7-5-14-40(42)41-15-6-8-17-43(41)45/h2-30H,1H3. The first-order valence-corrected chi connectivity index (χ1v) is 15.4. The lowest BCUT2D eigenvalue weighted by atomic mass is 10.0. The van der Waals surface area contributed by atoms with Crippen LogP contribution in [0.15, 0.2) is 176 Å². The van der Waals surface area contributed by atoms with Gasteiger partial charge in [0.2, 0.25) is 0 Å². The summed E-state index contributed by atoms with van der Waals surface area (Å²) in [4.78, 5) is 2.33. The molecule has 45 heavy (non-hydrogen) atoms. The molecule has 2 nitrogen and oxygen atoms in total. The number of para-hydroxylation sites is 2. The van der Waals surface area contributed by atoms with E-state index in [2.05, 4.69) is 192 Å². The highest BCUT2D eigenvalue weighted by atomic mass is 15.1. The zero-order chi connectivity index (χ0) is 30.2. The third-order valence-corrected chi connectivity index (χ3v) is 8.67. The topological polar surface area (TPSA) is 8.17 Å². The Bertz CT molecular complexity index is 2190. The summed E-state index contributed by atoms with van der Waals surface area (Å²) in [5.74, 6) is 0. The number of hydrogen-bond acceptors (Lipinski definition) is 1. The molecule has 0 aliphatic heterocycles. The van der Waals surface area contributed by atoms with Crippen LogP contribution in [0.5, 0.6) is 0 Å². The average Bonchev–Trinajstić information content (AvgIpc) is 3.45. The minimum Gasteiger partial charge on any atom is -0.311 e. The number of nitrogens with zero attached hydrogens (tertiary/aromatic N) is 2. The molecule has 0 amide bonds. The first-order valence-electron chi connectivity index (χ1n) is 15.4. The predicted molar refractivity (Wildman–Crippen MR) is 191 cm³/mol. The van der Waals surface area contributed by atoms with E-state index in [1.54, 1.807) is 0 Å². The van der Waals surface area contributed by atoms with Gasteiger partial charge in [0.05, 0.1) is 11.0 Å². The second-order valence-corrected chi connectivity index (χ2v) is 11.6. The molecule has 0 fully saturated rings. The van der Waals surface area contributed by atoms with E-state index < -0.39 is 0 Å². The van der Waals surface area contributed by atoms with E-state index in [-0.39, 0.29) is 0 Å². The number of benzene rings is 7. The molecule has 0 bridgehead atoms. The minimum absolute atomic E-state index is 1.12. The molecular formula is C43H32N2. The number of hydrogen-bond donors (Lipinski definition) is 0. The number of fused-ring (bicyclic) bond motifs is 3. The Hall–Kier alpha value is -5.86. The fourth-order valence-electron chi connectivity index (χ4n) is 6.40. The summed E-state index contributed by atoms with van der Waals surface area (Å²) in [6, 6.07) is 63.3. The molecule has 8 rings (SSSR count). The van der Waals surface area contributed by atoms with Gasteiger partial charge in [-0.25, -0.2) is 0 Å². The van der Waals surface area contributed by atoms with Gasteiger partial charge in [-0.1, -0.05) is 121 Å². The molecule has 0 aliphatic carbocycles. The summed E-state index contributed by atoms with van der Waals surface area (Å²) in [5.41, 5.74) is 13.0. The van der Waals surface area contributed by atoms with Crippen molar-refractivity contribution in [3.63, 3.8) is 0 Å². The zero-order valence-electron chi connectivity index (χ0n) is 25.1. The van der Waals surface area contributed by atoms with Gasteiger partial charge in [-0.3, -0.25) is 0 Å². The molecule has 0 N–H and O–H groups in total.